The average Bonchev–Trinajstić information content (AvgIpc) is 2.74. The van der Waals surface area contributed by atoms with Gasteiger partial charge in [0, 0.05) is 60.8 Å². The van der Waals surface area contributed by atoms with E-state index < -0.39 is 0 Å². The fraction of sp³-hybridized carbons (Fsp3) is 0.273. The third kappa shape index (κ3) is 4.68. The Hall–Kier alpha value is -2.64. The molecule has 150 valence electrons. The van der Waals surface area contributed by atoms with Gasteiger partial charge in [0.05, 0.1) is 5.69 Å². The number of piperazine rings is 1. The third-order valence-electron chi connectivity index (χ3n) is 5.14. The molecule has 1 amide bonds. The van der Waals surface area contributed by atoms with Crippen molar-refractivity contribution in [3.8, 4) is 0 Å². The monoisotopic (exact) mass is 455 g/mol. The molecular formula is C22H22BrN3O3. The zero-order chi connectivity index (χ0) is 20.2. The number of nitrogens with zero attached hydrogens (tertiary/aromatic N) is 2. The van der Waals surface area contributed by atoms with Crippen molar-refractivity contribution in [1.82, 2.24) is 9.80 Å². The summed E-state index contributed by atoms with van der Waals surface area (Å²) in [5.41, 5.74) is 1.74. The number of amides is 1. The quantitative estimate of drug-likeness (QED) is 0.597. The molecule has 1 aromatic heterocycles. The number of hydrogen-bond acceptors (Lipinski definition) is 5. The first kappa shape index (κ1) is 19.7. The van der Waals surface area contributed by atoms with E-state index in [4.69, 9.17) is 4.42 Å². The van der Waals surface area contributed by atoms with Crippen molar-refractivity contribution in [2.45, 2.75) is 0 Å². The minimum Gasteiger partial charge on any atom is -0.423 e. The lowest BCUT2D eigenvalue weighted by Gasteiger charge is -2.34. The van der Waals surface area contributed by atoms with Gasteiger partial charge in [0.1, 0.15) is 5.58 Å². The van der Waals surface area contributed by atoms with Gasteiger partial charge >= 0.3 is 5.63 Å². The summed E-state index contributed by atoms with van der Waals surface area (Å²) in [7, 11) is 0. The molecule has 0 unspecified atom stereocenters. The summed E-state index contributed by atoms with van der Waals surface area (Å²) in [6.07, 6.45) is 0. The van der Waals surface area contributed by atoms with E-state index >= 15 is 0 Å². The lowest BCUT2D eigenvalue weighted by atomic mass is 10.2. The molecule has 29 heavy (non-hydrogen) atoms. The molecular weight excluding hydrogens is 434 g/mol. The first-order chi connectivity index (χ1) is 14.1. The first-order valence-corrected chi connectivity index (χ1v) is 10.4. The molecule has 0 aliphatic carbocycles. The van der Waals surface area contributed by atoms with Crippen molar-refractivity contribution < 1.29 is 9.21 Å². The Balaban J connectivity index is 1.29. The van der Waals surface area contributed by atoms with Crippen LogP contribution in [0.4, 0.5) is 5.69 Å². The maximum atomic E-state index is 12.6. The number of nitrogens with one attached hydrogen (secondary N) is 1. The minimum atomic E-state index is -0.355. The number of rotatable bonds is 5. The van der Waals surface area contributed by atoms with Crippen molar-refractivity contribution in [2.75, 3.05) is 44.6 Å². The zero-order valence-corrected chi connectivity index (χ0v) is 17.5. The molecule has 0 atom stereocenters. The topological polar surface area (TPSA) is 65.8 Å². The fourth-order valence-corrected chi connectivity index (χ4v) is 3.82. The van der Waals surface area contributed by atoms with Crippen LogP contribution < -0.4 is 10.9 Å². The Labute approximate surface area is 177 Å². The summed E-state index contributed by atoms with van der Waals surface area (Å²) < 4.78 is 6.20. The summed E-state index contributed by atoms with van der Waals surface area (Å²) in [4.78, 5) is 28.6. The molecule has 1 N–H and O–H groups in total. The Morgan fingerprint density at radius 1 is 1.03 bits per heavy atom. The average molecular weight is 456 g/mol. The van der Waals surface area contributed by atoms with Crippen LogP contribution in [-0.2, 0) is 0 Å². The van der Waals surface area contributed by atoms with Crippen LogP contribution in [0.1, 0.15) is 10.4 Å². The summed E-state index contributed by atoms with van der Waals surface area (Å²) in [5, 5.41) is 4.25. The highest BCUT2D eigenvalue weighted by molar-refractivity contribution is 9.10. The van der Waals surface area contributed by atoms with Crippen molar-refractivity contribution in [1.29, 1.82) is 0 Å². The van der Waals surface area contributed by atoms with Gasteiger partial charge in [-0.2, -0.15) is 0 Å². The molecule has 7 heteroatoms. The number of benzene rings is 2. The summed E-state index contributed by atoms with van der Waals surface area (Å²) in [6.45, 7) is 4.66. The molecule has 1 saturated heterocycles. The molecule has 0 radical (unpaired) electrons. The van der Waals surface area contributed by atoms with E-state index in [2.05, 4.69) is 26.1 Å². The Kier molecular flexibility index (Phi) is 5.97. The van der Waals surface area contributed by atoms with Gasteiger partial charge in [-0.05, 0) is 36.4 Å². The molecule has 4 rings (SSSR count). The molecule has 1 aliphatic rings. The van der Waals surface area contributed by atoms with Crippen LogP contribution in [0.25, 0.3) is 11.0 Å². The van der Waals surface area contributed by atoms with Crippen LogP contribution in [0.15, 0.2) is 68.3 Å². The molecule has 3 aromatic rings. The second-order valence-electron chi connectivity index (χ2n) is 7.04. The number of para-hydroxylation sites is 1. The largest absolute Gasteiger partial charge is 0.423 e. The van der Waals surface area contributed by atoms with E-state index in [0.29, 0.717) is 25.2 Å². The van der Waals surface area contributed by atoms with Crippen molar-refractivity contribution in [3.05, 3.63) is 75.1 Å². The van der Waals surface area contributed by atoms with E-state index in [1.807, 2.05) is 47.4 Å². The van der Waals surface area contributed by atoms with Gasteiger partial charge in [-0.15, -0.1) is 0 Å². The molecule has 1 aliphatic heterocycles. The standard InChI is InChI=1S/C22H22BrN3O3/c23-17-7-5-16(6-8-17)22(28)26-13-11-25(12-14-26)10-9-24-19-15-21(27)29-20-4-2-1-3-18(19)20/h1-8,15,24H,9-14H2. The zero-order valence-electron chi connectivity index (χ0n) is 15.9. The SMILES string of the molecule is O=C(c1ccc(Br)cc1)N1CCN(CCNc2cc(=O)oc3ccccc23)CC1. The van der Waals surface area contributed by atoms with Gasteiger partial charge in [-0.25, -0.2) is 4.79 Å². The van der Waals surface area contributed by atoms with Gasteiger partial charge in [0.15, 0.2) is 0 Å². The van der Waals surface area contributed by atoms with Crippen molar-refractivity contribution in [3.63, 3.8) is 0 Å². The van der Waals surface area contributed by atoms with Crippen molar-refractivity contribution in [2.24, 2.45) is 0 Å². The van der Waals surface area contributed by atoms with E-state index in [0.717, 1.165) is 40.7 Å². The van der Waals surface area contributed by atoms with Crippen LogP contribution in [0.3, 0.4) is 0 Å². The summed E-state index contributed by atoms with van der Waals surface area (Å²) >= 11 is 3.40. The van der Waals surface area contributed by atoms with Crippen molar-refractivity contribution >= 4 is 38.5 Å². The van der Waals surface area contributed by atoms with E-state index in [-0.39, 0.29) is 11.5 Å². The van der Waals surface area contributed by atoms with Gasteiger partial charge < -0.3 is 14.6 Å². The maximum absolute atomic E-state index is 12.6. The lowest BCUT2D eigenvalue weighted by Crippen LogP contribution is -2.49. The number of fused-ring (bicyclic) bond motifs is 1. The predicted molar refractivity (Wildman–Crippen MR) is 117 cm³/mol. The second-order valence-corrected chi connectivity index (χ2v) is 7.96. The second kappa shape index (κ2) is 8.80. The van der Waals surface area contributed by atoms with Crippen LogP contribution in [0.5, 0.6) is 0 Å². The number of halogens is 1. The van der Waals surface area contributed by atoms with Gasteiger partial charge in [-0.3, -0.25) is 9.69 Å². The predicted octanol–water partition coefficient (Wildman–Crippen LogP) is 3.43. The van der Waals surface area contributed by atoms with Gasteiger partial charge in [0.25, 0.3) is 5.91 Å². The number of carbonyl (C=O) groups excluding carboxylic acids is 1. The van der Waals surface area contributed by atoms with Crippen LogP contribution in [0, 0.1) is 0 Å². The smallest absolute Gasteiger partial charge is 0.338 e. The van der Waals surface area contributed by atoms with Crippen LogP contribution in [-0.4, -0.2) is 55.0 Å². The van der Waals surface area contributed by atoms with E-state index in [1.54, 1.807) is 6.07 Å². The summed E-state index contributed by atoms with van der Waals surface area (Å²) in [6, 6.07) is 16.5. The lowest BCUT2D eigenvalue weighted by molar-refractivity contribution is 0.0642. The molecule has 2 heterocycles. The maximum Gasteiger partial charge on any atom is 0.338 e. The first-order valence-electron chi connectivity index (χ1n) is 9.64. The molecule has 2 aromatic carbocycles. The Morgan fingerprint density at radius 2 is 1.76 bits per heavy atom. The molecule has 0 saturated carbocycles. The minimum absolute atomic E-state index is 0.0813. The fourth-order valence-electron chi connectivity index (χ4n) is 3.56. The summed E-state index contributed by atoms with van der Waals surface area (Å²) in [5.74, 6) is 0.0813. The highest BCUT2D eigenvalue weighted by Crippen LogP contribution is 2.20. The number of anilines is 1. The van der Waals surface area contributed by atoms with Crippen LogP contribution in [0.2, 0.25) is 0 Å². The molecule has 0 spiro atoms. The molecule has 1 fully saturated rings. The normalized spacial score (nSPS) is 14.9. The number of carbonyl (C=O) groups is 1. The molecule has 0 bridgehead atoms. The van der Waals surface area contributed by atoms with E-state index in [9.17, 15) is 9.59 Å². The Bertz CT molecular complexity index is 1060. The Morgan fingerprint density at radius 3 is 2.52 bits per heavy atom. The van der Waals surface area contributed by atoms with Gasteiger partial charge in [-0.1, -0.05) is 28.1 Å². The molecule has 6 nitrogen and oxygen atoms in total. The third-order valence-corrected chi connectivity index (χ3v) is 5.67. The van der Waals surface area contributed by atoms with E-state index in [1.165, 1.54) is 6.07 Å². The van der Waals surface area contributed by atoms with Gasteiger partial charge in [0.2, 0.25) is 0 Å². The highest BCUT2D eigenvalue weighted by Gasteiger charge is 2.21. The number of hydrogen-bond donors (Lipinski definition) is 1. The highest BCUT2D eigenvalue weighted by atomic mass is 79.9. The van der Waals surface area contributed by atoms with Crippen LogP contribution >= 0.6 is 15.9 Å².